The summed E-state index contributed by atoms with van der Waals surface area (Å²) in [6.07, 6.45) is 8.20. The van der Waals surface area contributed by atoms with Gasteiger partial charge in [0, 0.05) is 24.5 Å². The predicted octanol–water partition coefficient (Wildman–Crippen LogP) is 5.37. The average Bonchev–Trinajstić information content (AvgIpc) is 3.29. The number of aromatic nitrogens is 2. The smallest absolute Gasteiger partial charge is 0.540 e. The molecule has 1 saturated carbocycles. The molecule has 0 bridgehead atoms. The van der Waals surface area contributed by atoms with E-state index in [9.17, 15) is 27.6 Å². The molecule has 11 heteroatoms. The maximum atomic E-state index is 14.1. The monoisotopic (exact) mass is 595 g/mol. The molecule has 3 aromatic rings. The molecule has 7 nitrogen and oxygen atoms in total. The van der Waals surface area contributed by atoms with Gasteiger partial charge < -0.3 is 23.5 Å². The van der Waals surface area contributed by atoms with Crippen LogP contribution in [0.4, 0.5) is 24.7 Å². The molecule has 2 atom stereocenters. The number of benzene rings is 2. The summed E-state index contributed by atoms with van der Waals surface area (Å²) in [6, 6.07) is 10.5. The number of anilines is 2. The average molecular weight is 596 g/mol. The topological polar surface area (TPSA) is 83.5 Å². The van der Waals surface area contributed by atoms with E-state index in [1.165, 1.54) is 46.6 Å². The fourth-order valence-corrected chi connectivity index (χ4v) is 4.32. The van der Waals surface area contributed by atoms with Gasteiger partial charge in [-0.05, 0) is 48.7 Å². The maximum Gasteiger partial charge on any atom is 3.00 e. The van der Waals surface area contributed by atoms with Crippen molar-refractivity contribution in [3.63, 3.8) is 0 Å². The van der Waals surface area contributed by atoms with Gasteiger partial charge in [-0.3, -0.25) is 19.5 Å². The zero-order valence-corrected chi connectivity index (χ0v) is 22.9. The van der Waals surface area contributed by atoms with Gasteiger partial charge in [0.15, 0.2) is 11.7 Å². The van der Waals surface area contributed by atoms with E-state index in [1.807, 2.05) is 25.3 Å². The van der Waals surface area contributed by atoms with Gasteiger partial charge in [0.05, 0.1) is 6.20 Å². The molecular weight excluding hydrogens is 568 g/mol. The van der Waals surface area contributed by atoms with Gasteiger partial charge in [0.2, 0.25) is 11.8 Å². The first-order valence-electron chi connectivity index (χ1n) is 12.0. The molecule has 1 aromatic heterocycles. The number of nitrogens with zero attached hydrogens (tertiary/aromatic N) is 4. The van der Waals surface area contributed by atoms with E-state index in [0.717, 1.165) is 5.56 Å². The quantitative estimate of drug-likeness (QED) is 0.283. The van der Waals surface area contributed by atoms with E-state index in [2.05, 4.69) is 9.97 Å². The number of carbonyl (C=O) groups is 2. The van der Waals surface area contributed by atoms with Crippen molar-refractivity contribution in [2.45, 2.75) is 50.6 Å². The summed E-state index contributed by atoms with van der Waals surface area (Å²) >= 11 is 0. The first kappa shape index (κ1) is 32.6. The molecule has 5 rings (SSSR count). The summed E-state index contributed by atoms with van der Waals surface area (Å²) in [7, 11) is 0. The first-order valence-corrected chi connectivity index (χ1v) is 12.0. The minimum atomic E-state index is -2.33. The zero-order valence-electron chi connectivity index (χ0n) is 21.9. The minimum absolute atomic E-state index is 0. The van der Waals surface area contributed by atoms with Gasteiger partial charge in [0.1, 0.15) is 11.9 Å². The van der Waals surface area contributed by atoms with E-state index in [-0.39, 0.29) is 67.0 Å². The van der Waals surface area contributed by atoms with Crippen molar-refractivity contribution in [2.75, 3.05) is 9.80 Å². The summed E-state index contributed by atoms with van der Waals surface area (Å²) in [4.78, 5) is 49.3. The Labute approximate surface area is 241 Å². The number of rotatable bonds is 6. The van der Waals surface area contributed by atoms with Crippen LogP contribution < -0.4 is 9.80 Å². The predicted molar refractivity (Wildman–Crippen MR) is 141 cm³/mol. The van der Waals surface area contributed by atoms with Crippen LogP contribution in [0.25, 0.3) is 0 Å². The molecule has 2 aromatic carbocycles. The van der Waals surface area contributed by atoms with Crippen LogP contribution in [0.5, 0.6) is 0 Å². The van der Waals surface area contributed by atoms with E-state index >= 15 is 0 Å². The Balaban J connectivity index is 0.000000622. The van der Waals surface area contributed by atoms with E-state index in [0.29, 0.717) is 5.56 Å². The largest absolute Gasteiger partial charge is 3.00 e. The fourth-order valence-electron chi connectivity index (χ4n) is 4.32. The molecule has 0 spiro atoms. The molecule has 1 aliphatic carbocycles. The Bertz CT molecular complexity index is 1310. The summed E-state index contributed by atoms with van der Waals surface area (Å²) < 4.78 is 37.1. The van der Waals surface area contributed by atoms with Crippen LogP contribution in [-0.4, -0.2) is 40.0 Å². The van der Waals surface area contributed by atoms with Crippen molar-refractivity contribution in [3.8, 4) is 0 Å². The van der Waals surface area contributed by atoms with Gasteiger partial charge in [-0.1, -0.05) is 30.3 Å². The molecular formula is C29H28F3N4NiO3. The van der Waals surface area contributed by atoms with Crippen LogP contribution in [0, 0.1) is 26.6 Å². The molecule has 1 saturated heterocycles. The van der Waals surface area contributed by atoms with E-state index in [1.54, 1.807) is 24.6 Å². The van der Waals surface area contributed by atoms with E-state index in [4.69, 9.17) is 0 Å². The molecule has 2 aliphatic rings. The molecule has 40 heavy (non-hydrogen) atoms. The van der Waals surface area contributed by atoms with Crippen molar-refractivity contribution in [1.82, 2.24) is 9.97 Å². The standard InChI is InChI=1S/C24H20FN4O3.C4H5F2.CH3.Ni/c1-16-5-2-3-8-19(16)21(15-30)28(18-7-4-6-17(25)13-18)24(32)20-9-10-23(31)29(20)22-14-26-11-12-27-22;5-4(6)2-1-3-4;;/h2-8,11-14,20-21H,9-10H2,1H3;1H,2-3H2;1H3;/q3*-1;+3/t20-,21?;;;/m0.../s1. The van der Waals surface area contributed by atoms with Gasteiger partial charge >= 0.3 is 16.5 Å². The second kappa shape index (κ2) is 14.2. The van der Waals surface area contributed by atoms with Crippen molar-refractivity contribution >= 4 is 29.6 Å². The molecule has 1 aliphatic heterocycles. The number of hydrogen-bond donors (Lipinski definition) is 0. The summed E-state index contributed by atoms with van der Waals surface area (Å²) in [5, 5.41) is 0. The van der Waals surface area contributed by atoms with Gasteiger partial charge in [0.25, 0.3) is 0 Å². The second-order valence-electron chi connectivity index (χ2n) is 9.00. The van der Waals surface area contributed by atoms with Crippen LogP contribution in [0.2, 0.25) is 0 Å². The maximum absolute atomic E-state index is 14.1. The van der Waals surface area contributed by atoms with Crippen LogP contribution in [0.15, 0.2) is 67.1 Å². The minimum Gasteiger partial charge on any atom is -0.540 e. The number of hydrogen-bond acceptors (Lipinski definition) is 5. The third-order valence-electron chi connectivity index (χ3n) is 6.36. The van der Waals surface area contributed by atoms with Gasteiger partial charge in [-0.15, -0.1) is 12.8 Å². The number of halogens is 3. The van der Waals surface area contributed by atoms with Crippen LogP contribution >= 0.6 is 0 Å². The molecule has 213 valence electrons. The van der Waals surface area contributed by atoms with Gasteiger partial charge in [-0.2, -0.15) is 0 Å². The van der Waals surface area contributed by atoms with Crippen molar-refractivity contribution in [1.29, 1.82) is 0 Å². The number of amides is 2. The van der Waals surface area contributed by atoms with E-state index < -0.39 is 29.7 Å². The summed E-state index contributed by atoms with van der Waals surface area (Å²) in [5.74, 6) is -3.44. The summed E-state index contributed by atoms with van der Waals surface area (Å²) in [5.41, 5.74) is 1.55. The first-order chi connectivity index (χ1) is 18.2. The normalized spacial score (nSPS) is 17.6. The summed E-state index contributed by atoms with van der Waals surface area (Å²) in [6.45, 7) is 1.82. The van der Waals surface area contributed by atoms with Crippen LogP contribution in [0.1, 0.15) is 42.9 Å². The van der Waals surface area contributed by atoms with Crippen molar-refractivity contribution in [2.24, 2.45) is 0 Å². The fraction of sp³-hybridized carbons (Fsp3) is 0.276. The Morgan fingerprint density at radius 1 is 1.18 bits per heavy atom. The third kappa shape index (κ3) is 7.33. The molecule has 2 amide bonds. The molecule has 0 N–H and O–H groups in total. The van der Waals surface area contributed by atoms with Crippen LogP contribution in [0.3, 0.4) is 0 Å². The molecule has 1 unspecified atom stereocenters. The molecule has 1 radical (unpaired) electrons. The SMILES string of the molecule is Cc1ccccc1C([C-]=O)N(C(=O)[C@@H]1CCC(=O)N1c1cnccn1)c1cccc(F)c1.FC1(F)C[CH-]C1.[CH3-].[Ni+3]. The number of aryl methyl sites for hydroxylation is 1. The molecule has 2 heterocycles. The van der Waals surface area contributed by atoms with Crippen molar-refractivity contribution in [3.05, 3.63) is 97.9 Å². The second-order valence-corrected chi connectivity index (χ2v) is 9.00. The Morgan fingerprint density at radius 3 is 2.42 bits per heavy atom. The molecule has 2 fully saturated rings. The number of alkyl halides is 2. The number of carbonyl (C=O) groups excluding carboxylic acids is 3. The van der Waals surface area contributed by atoms with Crippen LogP contribution in [-0.2, 0) is 30.9 Å². The Kier molecular flexibility index (Phi) is 11.6. The third-order valence-corrected chi connectivity index (χ3v) is 6.36. The Hall–Kier alpha value is -3.59. The Morgan fingerprint density at radius 2 is 1.88 bits per heavy atom. The van der Waals surface area contributed by atoms with Gasteiger partial charge in [-0.25, -0.2) is 24.4 Å². The van der Waals surface area contributed by atoms with Crippen molar-refractivity contribution < 1.29 is 44.0 Å². The zero-order chi connectivity index (χ0) is 27.3.